The Kier molecular flexibility index (Phi) is 7.52. The number of benzene rings is 1. The van der Waals surface area contributed by atoms with Gasteiger partial charge in [0.05, 0.1) is 68.8 Å². The van der Waals surface area contributed by atoms with Crippen LogP contribution in [0.3, 0.4) is 0 Å². The van der Waals surface area contributed by atoms with Gasteiger partial charge in [-0.2, -0.15) is 0 Å². The molecule has 3 aromatic heterocycles. The molecule has 12 nitrogen and oxygen atoms in total. The van der Waals surface area contributed by atoms with Gasteiger partial charge in [0, 0.05) is 23.6 Å². The van der Waals surface area contributed by atoms with Crippen molar-refractivity contribution in [1.29, 1.82) is 0 Å². The van der Waals surface area contributed by atoms with Crippen LogP contribution in [0.4, 0.5) is 13.2 Å². The van der Waals surface area contributed by atoms with Gasteiger partial charge in [-0.15, -0.1) is 0 Å². The lowest BCUT2D eigenvalue weighted by Crippen LogP contribution is -2.60. The van der Waals surface area contributed by atoms with Crippen molar-refractivity contribution in [3.63, 3.8) is 0 Å². The third kappa shape index (κ3) is 5.82. The van der Waals surface area contributed by atoms with Gasteiger partial charge >= 0.3 is 5.97 Å². The molecule has 236 valence electrons. The Morgan fingerprint density at radius 1 is 1.11 bits per heavy atom. The highest BCUT2D eigenvalue weighted by atomic mass is 32.2. The molecule has 5 N–H and O–H groups in total. The molecule has 1 saturated carbocycles. The number of amides is 1. The van der Waals surface area contributed by atoms with Crippen molar-refractivity contribution in [3.8, 4) is 22.9 Å². The molecule has 2 atom stereocenters. The van der Waals surface area contributed by atoms with Gasteiger partial charge in [-0.1, -0.05) is 0 Å². The molecule has 1 amide bonds. The number of halogens is 3. The maximum Gasteiger partial charge on any atom is 0.380 e. The van der Waals surface area contributed by atoms with Crippen LogP contribution >= 0.6 is 0 Å². The first kappa shape index (κ1) is 30.8. The number of rotatable bonds is 7. The van der Waals surface area contributed by atoms with E-state index in [4.69, 9.17) is 4.74 Å². The van der Waals surface area contributed by atoms with Crippen LogP contribution in [0.25, 0.3) is 22.3 Å². The van der Waals surface area contributed by atoms with Gasteiger partial charge in [0.1, 0.15) is 5.75 Å². The zero-order valence-electron chi connectivity index (χ0n) is 23.3. The maximum absolute atomic E-state index is 14.8. The lowest BCUT2D eigenvalue weighted by atomic mass is 10.1. The van der Waals surface area contributed by atoms with E-state index in [2.05, 4.69) is 25.0 Å². The predicted molar refractivity (Wildman–Crippen MR) is 150 cm³/mol. The molecule has 1 aliphatic heterocycles. The van der Waals surface area contributed by atoms with Crippen LogP contribution in [0, 0.1) is 5.82 Å². The third-order valence-electron chi connectivity index (χ3n) is 7.28. The zero-order valence-corrected chi connectivity index (χ0v) is 24.1. The fourth-order valence-electron chi connectivity index (χ4n) is 4.76. The van der Waals surface area contributed by atoms with Crippen LogP contribution in [0.15, 0.2) is 53.6 Å². The second-order valence-electron chi connectivity index (χ2n) is 10.6. The van der Waals surface area contributed by atoms with E-state index < -0.39 is 62.5 Å². The van der Waals surface area contributed by atoms with Crippen LogP contribution in [-0.2, 0) is 17.3 Å². The lowest BCUT2D eigenvalue weighted by molar-refractivity contribution is -0.424. The molecule has 0 spiro atoms. The molecule has 2 aliphatic rings. The minimum atomic E-state index is -3.68. The van der Waals surface area contributed by atoms with Crippen molar-refractivity contribution in [2.75, 3.05) is 12.4 Å². The monoisotopic (exact) mass is 646 g/mol. The molecule has 2 unspecified atom stereocenters. The smallest absolute Gasteiger partial charge is 0.380 e. The first-order valence-electron chi connectivity index (χ1n) is 13.6. The third-order valence-corrected chi connectivity index (χ3v) is 8.74. The topological polar surface area (TPSA) is 184 Å². The first-order valence-corrected chi connectivity index (χ1v) is 14.9. The molecule has 0 bridgehead atoms. The number of aromatic nitrogens is 3. The Morgan fingerprint density at radius 3 is 2.53 bits per heavy atom. The van der Waals surface area contributed by atoms with E-state index in [-0.39, 0.29) is 24.2 Å². The summed E-state index contributed by atoms with van der Waals surface area (Å²) in [6, 6.07) is 9.89. The number of ether oxygens (including phenoxy) is 2. The highest BCUT2D eigenvalue weighted by molar-refractivity contribution is 7.85. The van der Waals surface area contributed by atoms with Crippen molar-refractivity contribution in [2.45, 2.75) is 48.4 Å². The number of nitrogens with one attached hydrogen (secondary N) is 1. The number of aliphatic hydroxyl groups is 4. The van der Waals surface area contributed by atoms with Gasteiger partial charge in [0.25, 0.3) is 17.6 Å². The Hall–Kier alpha value is -4.22. The van der Waals surface area contributed by atoms with Crippen molar-refractivity contribution in [1.82, 2.24) is 20.3 Å². The number of fused-ring (bicyclic) bond motifs is 2. The number of hydrogen-bond donors (Lipinski definition) is 5. The normalized spacial score (nSPS) is 20.9. The summed E-state index contributed by atoms with van der Waals surface area (Å²) in [5, 5.41) is 42.5. The second kappa shape index (κ2) is 11.0. The van der Waals surface area contributed by atoms with Gasteiger partial charge in [0.2, 0.25) is 0 Å². The van der Waals surface area contributed by atoms with E-state index >= 15 is 0 Å². The Labute approximate surface area is 255 Å². The number of pyridine rings is 3. The quantitative estimate of drug-likeness (QED) is 0.185. The molecule has 1 aromatic carbocycles. The fraction of sp³-hybridized carbons (Fsp3) is 0.310. The van der Waals surface area contributed by atoms with Crippen molar-refractivity contribution in [2.24, 2.45) is 0 Å². The molecule has 0 saturated heterocycles. The number of nitrogens with zero attached hydrogens (tertiary/aromatic N) is 3. The Balaban J connectivity index is 1.22. The lowest BCUT2D eigenvalue weighted by Gasteiger charge is -2.31. The van der Waals surface area contributed by atoms with E-state index in [9.17, 15) is 42.6 Å². The molecule has 4 aromatic rings. The minimum Gasteiger partial charge on any atom is -0.492 e. The molecule has 6 rings (SSSR count). The summed E-state index contributed by atoms with van der Waals surface area (Å²) in [6.45, 7) is 1.90. The molecule has 0 radical (unpaired) electrons. The summed E-state index contributed by atoms with van der Waals surface area (Å²) >= 11 is 0. The molecule has 1 fully saturated rings. The highest BCUT2D eigenvalue weighted by Crippen LogP contribution is 2.57. The van der Waals surface area contributed by atoms with Crippen molar-refractivity contribution >= 4 is 27.6 Å². The predicted octanol–water partition coefficient (Wildman–Crippen LogP) is 2.10. The molecular formula is C29H25F3N4O8S. The number of carbonyl (C=O) groups is 1. The molecule has 16 heteroatoms. The van der Waals surface area contributed by atoms with Gasteiger partial charge < -0.3 is 35.2 Å². The maximum atomic E-state index is 14.8. The van der Waals surface area contributed by atoms with Gasteiger partial charge in [-0.05, 0) is 49.4 Å². The number of alkyl halides is 2. The van der Waals surface area contributed by atoms with Gasteiger partial charge in [-0.3, -0.25) is 14.0 Å². The average molecular weight is 647 g/mol. The van der Waals surface area contributed by atoms with Gasteiger partial charge in [0.15, 0.2) is 11.6 Å². The SMILES string of the molecule is CCOc1ccc(-c2ccc3cnc(CNC(=O)c4cc(F)c5c(c4)S(=O)CC(O)(O)C(O)(O)O5)cc3n2)nc1C1CC1(F)F. The number of carbonyl (C=O) groups excluding carboxylic acids is 1. The number of hydrogen-bond acceptors (Lipinski definition) is 11. The average Bonchev–Trinajstić information content (AvgIpc) is 3.64. The second-order valence-corrected chi connectivity index (χ2v) is 12.0. The van der Waals surface area contributed by atoms with Crippen LogP contribution in [-0.4, -0.2) is 75.5 Å². The van der Waals surface area contributed by atoms with E-state index in [0.717, 1.165) is 6.07 Å². The van der Waals surface area contributed by atoms with Gasteiger partial charge in [-0.25, -0.2) is 23.1 Å². The molecular weight excluding hydrogens is 621 g/mol. The van der Waals surface area contributed by atoms with E-state index in [1.165, 1.54) is 6.20 Å². The van der Waals surface area contributed by atoms with Crippen LogP contribution in [0.2, 0.25) is 0 Å². The van der Waals surface area contributed by atoms with E-state index in [1.807, 2.05) is 0 Å². The summed E-state index contributed by atoms with van der Waals surface area (Å²) in [7, 11) is -2.40. The Morgan fingerprint density at radius 2 is 1.82 bits per heavy atom. The largest absolute Gasteiger partial charge is 0.492 e. The summed E-state index contributed by atoms with van der Waals surface area (Å²) in [6.07, 6.45) is 1.21. The summed E-state index contributed by atoms with van der Waals surface area (Å²) in [4.78, 5) is 25.7. The molecule has 4 heterocycles. The van der Waals surface area contributed by atoms with Crippen LogP contribution in [0.1, 0.15) is 41.0 Å². The summed E-state index contributed by atoms with van der Waals surface area (Å²) in [5.41, 5.74) is 1.47. The minimum absolute atomic E-state index is 0.145. The van der Waals surface area contributed by atoms with E-state index in [1.54, 1.807) is 37.3 Å². The Bertz CT molecular complexity index is 1870. The molecule has 1 aliphatic carbocycles. The summed E-state index contributed by atoms with van der Waals surface area (Å²) < 4.78 is 65.3. The van der Waals surface area contributed by atoms with Crippen molar-refractivity contribution in [3.05, 3.63) is 71.4 Å². The van der Waals surface area contributed by atoms with Crippen molar-refractivity contribution < 1.29 is 52.1 Å². The first-order chi connectivity index (χ1) is 21.2. The molecule has 45 heavy (non-hydrogen) atoms. The summed E-state index contributed by atoms with van der Waals surface area (Å²) in [5.74, 6) is -14.8. The van der Waals surface area contributed by atoms with E-state index in [0.29, 0.717) is 46.4 Å². The standard InChI is InChI=1S/C29H25F3N4O8S/c1-2-43-22-6-5-20(36-24(22)17-10-27(17,31)32)19-4-3-14-11-33-16(9-21(14)35-19)12-34-26(37)15-7-18(30)25-23(8-15)45(42)13-28(38,39)29(40,41)44-25/h3-9,11,17,38-41H,2,10,12-13H2,1H3,(H,34,37). The zero-order chi connectivity index (χ0) is 32.3. The van der Waals surface area contributed by atoms with Crippen LogP contribution < -0.4 is 14.8 Å². The highest BCUT2D eigenvalue weighted by Gasteiger charge is 2.59. The fourth-order valence-corrected chi connectivity index (χ4v) is 6.07. The van der Waals surface area contributed by atoms with Crippen LogP contribution in [0.5, 0.6) is 11.5 Å².